The number of nitrogens with one attached hydrogen (secondary N) is 1. The highest BCUT2D eigenvalue weighted by Crippen LogP contribution is 2.48. The van der Waals surface area contributed by atoms with Gasteiger partial charge in [-0.05, 0) is 18.2 Å². The van der Waals surface area contributed by atoms with Crippen molar-refractivity contribution in [3.05, 3.63) is 28.2 Å². The van der Waals surface area contributed by atoms with Crippen LogP contribution >= 0.6 is 15.9 Å². The van der Waals surface area contributed by atoms with Crippen LogP contribution < -0.4 is 10.1 Å². The van der Waals surface area contributed by atoms with Gasteiger partial charge in [0, 0.05) is 23.5 Å². The highest BCUT2D eigenvalue weighted by molar-refractivity contribution is 9.10. The highest BCUT2D eigenvalue weighted by Gasteiger charge is 2.62. The smallest absolute Gasteiger partial charge is 0.325 e. The first-order chi connectivity index (χ1) is 10.5. The number of likely N-dealkylation sites (N-methyl/N-ethyl adjacent to an activating group) is 1. The molecule has 3 aliphatic rings. The number of hydrogen-bond donors (Lipinski definition) is 1. The molecule has 1 spiro atoms. The van der Waals surface area contributed by atoms with Crippen LogP contribution in [0.2, 0.25) is 0 Å². The predicted molar refractivity (Wildman–Crippen MR) is 80.5 cm³/mol. The van der Waals surface area contributed by atoms with Crippen molar-refractivity contribution in [3.63, 3.8) is 0 Å². The minimum Gasteiger partial charge on any atom is -0.489 e. The molecule has 2 saturated heterocycles. The standard InChI is InChI=1S/C15H15BrN2O4/c1-18-13(19)15(17-14(18)20)9-6-8(16)2-3-11(9)22-12-4-5-21-7-10(12)15/h2-3,6,10,12H,4-5,7H2,1H3,(H,17,20)/t10-,12-,15?/m1/s1. The van der Waals surface area contributed by atoms with E-state index in [1.165, 1.54) is 7.05 Å². The molecule has 1 N–H and O–H groups in total. The van der Waals surface area contributed by atoms with Gasteiger partial charge in [0.05, 0.1) is 19.1 Å². The number of hydrogen-bond acceptors (Lipinski definition) is 4. The molecule has 0 radical (unpaired) electrons. The number of nitrogens with zero attached hydrogens (tertiary/aromatic N) is 1. The normalized spacial score (nSPS) is 33.3. The van der Waals surface area contributed by atoms with Gasteiger partial charge in [0.15, 0.2) is 5.54 Å². The number of ether oxygens (including phenoxy) is 2. The quantitative estimate of drug-likeness (QED) is 0.708. The fraction of sp³-hybridized carbons (Fsp3) is 0.467. The maximum Gasteiger partial charge on any atom is 0.325 e. The molecule has 6 nitrogen and oxygen atoms in total. The van der Waals surface area contributed by atoms with E-state index in [9.17, 15) is 9.59 Å². The van der Waals surface area contributed by atoms with E-state index in [0.717, 1.165) is 9.37 Å². The van der Waals surface area contributed by atoms with Crippen molar-refractivity contribution in [2.24, 2.45) is 5.92 Å². The number of carbonyl (C=O) groups excluding carboxylic acids is 2. The van der Waals surface area contributed by atoms with Crippen LogP contribution in [0.25, 0.3) is 0 Å². The molecule has 3 amide bonds. The second-order valence-corrected chi connectivity index (χ2v) is 6.78. The summed E-state index contributed by atoms with van der Waals surface area (Å²) in [6.45, 7) is 0.984. The molecule has 3 atom stereocenters. The summed E-state index contributed by atoms with van der Waals surface area (Å²) < 4.78 is 12.5. The maximum absolute atomic E-state index is 12.9. The molecule has 0 bridgehead atoms. The maximum atomic E-state index is 12.9. The van der Waals surface area contributed by atoms with Crippen LogP contribution in [0.3, 0.4) is 0 Å². The second-order valence-electron chi connectivity index (χ2n) is 5.87. The van der Waals surface area contributed by atoms with Crippen LogP contribution in [0.15, 0.2) is 22.7 Å². The molecule has 0 saturated carbocycles. The lowest BCUT2D eigenvalue weighted by molar-refractivity contribution is -0.142. The number of fused-ring (bicyclic) bond motifs is 4. The van der Waals surface area contributed by atoms with E-state index in [0.29, 0.717) is 30.9 Å². The van der Waals surface area contributed by atoms with Crippen molar-refractivity contribution >= 4 is 27.9 Å². The number of halogens is 1. The van der Waals surface area contributed by atoms with Gasteiger partial charge in [0.1, 0.15) is 11.9 Å². The molecular formula is C15H15BrN2O4. The number of carbonyl (C=O) groups is 2. The van der Waals surface area contributed by atoms with Gasteiger partial charge in [-0.25, -0.2) is 4.79 Å². The number of benzene rings is 1. The van der Waals surface area contributed by atoms with Crippen molar-refractivity contribution < 1.29 is 19.1 Å². The lowest BCUT2D eigenvalue weighted by atomic mass is 9.71. The van der Waals surface area contributed by atoms with Gasteiger partial charge in [-0.2, -0.15) is 0 Å². The Balaban J connectivity index is 1.95. The van der Waals surface area contributed by atoms with Crippen LogP contribution in [0, 0.1) is 5.92 Å². The van der Waals surface area contributed by atoms with E-state index < -0.39 is 5.54 Å². The molecule has 1 unspecified atom stereocenters. The Morgan fingerprint density at radius 2 is 2.23 bits per heavy atom. The van der Waals surface area contributed by atoms with Crippen LogP contribution in [-0.4, -0.2) is 43.2 Å². The molecule has 116 valence electrons. The Bertz CT molecular complexity index is 680. The Morgan fingerprint density at radius 3 is 2.95 bits per heavy atom. The van der Waals surface area contributed by atoms with Gasteiger partial charge in [-0.3, -0.25) is 9.69 Å². The van der Waals surface area contributed by atoms with Crippen molar-refractivity contribution in [3.8, 4) is 5.75 Å². The third kappa shape index (κ3) is 1.69. The topological polar surface area (TPSA) is 67.9 Å². The van der Waals surface area contributed by atoms with Gasteiger partial charge in [-0.15, -0.1) is 0 Å². The zero-order valence-electron chi connectivity index (χ0n) is 12.0. The van der Waals surface area contributed by atoms with Gasteiger partial charge >= 0.3 is 6.03 Å². The third-order valence-electron chi connectivity index (χ3n) is 4.74. The van der Waals surface area contributed by atoms with Crippen molar-refractivity contribution in [1.29, 1.82) is 0 Å². The lowest BCUT2D eigenvalue weighted by Gasteiger charge is -2.46. The number of imide groups is 1. The predicted octanol–water partition coefficient (Wildman–Crippen LogP) is 1.62. The van der Waals surface area contributed by atoms with E-state index in [1.54, 1.807) is 0 Å². The fourth-order valence-electron chi connectivity index (χ4n) is 3.64. The molecule has 7 heteroatoms. The highest BCUT2D eigenvalue weighted by atomic mass is 79.9. The first kappa shape index (κ1) is 14.0. The molecule has 3 heterocycles. The number of rotatable bonds is 0. The first-order valence-electron chi connectivity index (χ1n) is 7.19. The molecule has 4 rings (SSSR count). The van der Waals surface area contributed by atoms with Gasteiger partial charge in [-0.1, -0.05) is 15.9 Å². The summed E-state index contributed by atoms with van der Waals surface area (Å²) in [5, 5.41) is 2.91. The molecule has 0 aliphatic carbocycles. The van der Waals surface area contributed by atoms with Crippen molar-refractivity contribution in [2.75, 3.05) is 20.3 Å². The SMILES string of the molecule is CN1C(=O)NC2(C1=O)c1cc(Br)ccc1O[C@@H]1CCOC[C@H]12. The molecule has 2 fully saturated rings. The molecule has 3 aliphatic heterocycles. The number of urea groups is 1. The first-order valence-corrected chi connectivity index (χ1v) is 7.98. The van der Waals surface area contributed by atoms with Crippen molar-refractivity contribution in [1.82, 2.24) is 10.2 Å². The Hall–Kier alpha value is -1.60. The lowest BCUT2D eigenvalue weighted by Crippen LogP contribution is -2.60. The average molecular weight is 367 g/mol. The fourth-order valence-corrected chi connectivity index (χ4v) is 4.00. The van der Waals surface area contributed by atoms with E-state index in [4.69, 9.17) is 9.47 Å². The van der Waals surface area contributed by atoms with E-state index in [2.05, 4.69) is 21.2 Å². The van der Waals surface area contributed by atoms with Gasteiger partial charge in [0.2, 0.25) is 0 Å². The van der Waals surface area contributed by atoms with E-state index in [-0.39, 0.29) is 24.0 Å². The largest absolute Gasteiger partial charge is 0.489 e. The van der Waals surface area contributed by atoms with Gasteiger partial charge < -0.3 is 14.8 Å². The monoisotopic (exact) mass is 366 g/mol. The molecular weight excluding hydrogens is 352 g/mol. The third-order valence-corrected chi connectivity index (χ3v) is 5.24. The van der Waals surface area contributed by atoms with Crippen molar-refractivity contribution in [2.45, 2.75) is 18.1 Å². The molecule has 1 aromatic carbocycles. The van der Waals surface area contributed by atoms with Crippen LogP contribution in [-0.2, 0) is 15.1 Å². The summed E-state index contributed by atoms with van der Waals surface area (Å²) in [7, 11) is 1.50. The summed E-state index contributed by atoms with van der Waals surface area (Å²) in [5.74, 6) is 0.167. The molecule has 22 heavy (non-hydrogen) atoms. The Morgan fingerprint density at radius 1 is 1.41 bits per heavy atom. The zero-order valence-corrected chi connectivity index (χ0v) is 13.6. The van der Waals surface area contributed by atoms with Crippen LogP contribution in [0.4, 0.5) is 4.79 Å². The summed E-state index contributed by atoms with van der Waals surface area (Å²) in [4.78, 5) is 26.2. The minimum absolute atomic E-state index is 0.141. The van der Waals surface area contributed by atoms with Gasteiger partial charge in [0.25, 0.3) is 5.91 Å². The number of amides is 3. The zero-order chi connectivity index (χ0) is 15.5. The summed E-state index contributed by atoms with van der Waals surface area (Å²) in [5.41, 5.74) is -0.412. The van der Waals surface area contributed by atoms with Crippen LogP contribution in [0.5, 0.6) is 5.75 Å². The Kier molecular flexibility index (Phi) is 2.99. The molecule has 1 aromatic rings. The van der Waals surface area contributed by atoms with E-state index in [1.807, 2.05) is 18.2 Å². The average Bonchev–Trinajstić information content (AvgIpc) is 2.74. The molecule has 0 aromatic heterocycles. The summed E-state index contributed by atoms with van der Waals surface area (Å²) in [6, 6.07) is 5.17. The summed E-state index contributed by atoms with van der Waals surface area (Å²) in [6.07, 6.45) is 0.563. The summed E-state index contributed by atoms with van der Waals surface area (Å²) >= 11 is 3.43. The second kappa shape index (κ2) is 4.70. The van der Waals surface area contributed by atoms with E-state index >= 15 is 0 Å². The Labute approximate surface area is 135 Å². The van der Waals surface area contributed by atoms with Crippen LogP contribution in [0.1, 0.15) is 12.0 Å². The minimum atomic E-state index is -1.10.